The number of para-hydroxylation sites is 3. The summed E-state index contributed by atoms with van der Waals surface area (Å²) >= 11 is 9.56. The maximum Gasteiger partial charge on any atom is 0.257 e. The summed E-state index contributed by atoms with van der Waals surface area (Å²) in [5.41, 5.74) is 6.72. The fraction of sp³-hybridized carbons (Fsp3) is 0.448. The molecule has 3 aromatic heterocycles. The Morgan fingerprint density at radius 3 is 0.941 bits per heavy atom. The SMILES string of the molecule is CC12CC3CC(C)(C1)CC(NC(=O)c1cn(Cc4ccc(Br)cc4)c4ccccc4c1=O)(C3)C2.CC12CC3CC(C)(C1)CC(NC(=O)c1cn(Cc4ccc(Cl)cc4)c4ccccc4c1=O)(C3)C2.CC12CC3CC(C)(C1)CC(NC(=O)c1cn(Cc4ccc(F)cc4)c4ccccc4c1=O)(C3)C2. The number of benzene rings is 6. The van der Waals surface area contributed by atoms with Crippen molar-refractivity contribution in [3.05, 3.63) is 244 Å². The van der Waals surface area contributed by atoms with Gasteiger partial charge in [0.05, 0.1) is 16.6 Å². The molecule has 0 spiro atoms. The average molecular weight is 1450 g/mol. The molecule has 3 heterocycles. The van der Waals surface area contributed by atoms with E-state index in [9.17, 15) is 33.2 Å². The van der Waals surface area contributed by atoms with E-state index in [1.54, 1.807) is 36.8 Å². The molecule has 15 heteroatoms. The monoisotopic (exact) mass is 1450 g/mol. The predicted octanol–water partition coefficient (Wildman–Crippen LogP) is 18.1. The Bertz CT molecular complexity index is 4530. The van der Waals surface area contributed by atoms with Crippen LogP contribution in [-0.4, -0.2) is 48.0 Å². The average Bonchev–Trinajstić information content (AvgIpc) is 0.720. The molecule has 3 amide bonds. The molecule has 12 fully saturated rings. The number of halogens is 3. The predicted molar refractivity (Wildman–Crippen MR) is 407 cm³/mol. The fourth-order valence-electron chi connectivity index (χ4n) is 25.0. The second-order valence-electron chi connectivity index (χ2n) is 36.0. The van der Waals surface area contributed by atoms with Crippen LogP contribution in [0.15, 0.2) is 183 Å². The first-order valence-corrected chi connectivity index (χ1v) is 38.2. The second kappa shape index (κ2) is 24.9. The summed E-state index contributed by atoms with van der Waals surface area (Å²) in [6.07, 6.45) is 25.7. The van der Waals surface area contributed by atoms with Crippen molar-refractivity contribution in [3.63, 3.8) is 0 Å². The summed E-state index contributed by atoms with van der Waals surface area (Å²) < 4.78 is 20.4. The van der Waals surface area contributed by atoms with Gasteiger partial charge in [0, 0.05) is 80.5 Å². The Hall–Kier alpha value is -7.94. The largest absolute Gasteiger partial charge is 0.346 e. The molecule has 9 aromatic rings. The zero-order valence-corrected chi connectivity index (χ0v) is 61.9. The van der Waals surface area contributed by atoms with Gasteiger partial charge in [0.25, 0.3) is 17.7 Å². The first-order valence-electron chi connectivity index (χ1n) is 37.0. The van der Waals surface area contributed by atoms with Crippen LogP contribution in [0.4, 0.5) is 4.39 Å². The Labute approximate surface area is 609 Å². The van der Waals surface area contributed by atoms with Gasteiger partial charge in [-0.2, -0.15) is 0 Å². The van der Waals surface area contributed by atoms with Gasteiger partial charge in [-0.15, -0.1) is 0 Å². The molecular weight excluding hydrogens is 1360 g/mol. The number of carbonyl (C=O) groups excluding carboxylic acids is 3. The van der Waals surface area contributed by atoms with Crippen molar-refractivity contribution in [1.82, 2.24) is 29.7 Å². The highest BCUT2D eigenvalue weighted by Gasteiger charge is 2.63. The Kier molecular flexibility index (Phi) is 16.7. The molecule has 6 unspecified atom stereocenters. The Morgan fingerprint density at radius 1 is 0.392 bits per heavy atom. The van der Waals surface area contributed by atoms with E-state index in [1.165, 1.54) is 69.9 Å². The zero-order chi connectivity index (χ0) is 71.2. The summed E-state index contributed by atoms with van der Waals surface area (Å²) in [7, 11) is 0. The Balaban J connectivity index is 0.000000118. The van der Waals surface area contributed by atoms with E-state index in [4.69, 9.17) is 11.6 Å². The minimum Gasteiger partial charge on any atom is -0.346 e. The van der Waals surface area contributed by atoms with Crippen LogP contribution in [-0.2, 0) is 19.6 Å². The van der Waals surface area contributed by atoms with Crippen LogP contribution in [0.1, 0.15) is 205 Å². The standard InChI is InChI=1S/C29H31BrN2O2.C29H31ClN2O2.C29H31FN2O2/c3*1-27-11-20-12-28(2,16-27)18-29(13-20,17-27)31-26(34)23-15-32(14-19-7-9-21(30)10-8-19)24-6-4-3-5-22(24)25(23)33/h3*3-10,15,20H,11-14,16-18H2,1-2H3,(H,31,34). The van der Waals surface area contributed by atoms with E-state index < -0.39 is 0 Å². The molecule has 12 bridgehead atoms. The molecule has 12 nitrogen and oxygen atoms in total. The lowest BCUT2D eigenvalue weighted by molar-refractivity contribution is -0.114. The molecule has 12 aliphatic rings. The third-order valence-electron chi connectivity index (χ3n) is 25.5. The quantitative estimate of drug-likeness (QED) is 0.111. The first kappa shape index (κ1) is 68.5. The van der Waals surface area contributed by atoms with Gasteiger partial charge in [-0.1, -0.05) is 142 Å². The number of hydrogen-bond acceptors (Lipinski definition) is 6. The lowest BCUT2D eigenvalue weighted by Gasteiger charge is -2.65. The summed E-state index contributed by atoms with van der Waals surface area (Å²) in [4.78, 5) is 81.4. The van der Waals surface area contributed by atoms with Crippen molar-refractivity contribution in [2.45, 2.75) is 193 Å². The zero-order valence-electron chi connectivity index (χ0n) is 59.6. The van der Waals surface area contributed by atoms with Crippen LogP contribution in [0.3, 0.4) is 0 Å². The van der Waals surface area contributed by atoms with E-state index in [0.29, 0.717) is 80.2 Å². The molecule has 0 saturated heterocycles. The van der Waals surface area contributed by atoms with Gasteiger partial charge >= 0.3 is 0 Å². The number of pyridine rings is 3. The van der Waals surface area contributed by atoms with Gasteiger partial charge in [-0.3, -0.25) is 28.8 Å². The maximum atomic E-state index is 13.7. The lowest BCUT2D eigenvalue weighted by Crippen LogP contribution is -2.65. The van der Waals surface area contributed by atoms with E-state index in [0.717, 1.165) is 95.5 Å². The number of fused-ring (bicyclic) bond motifs is 3. The highest BCUT2D eigenvalue weighted by molar-refractivity contribution is 9.10. The van der Waals surface area contributed by atoms with Gasteiger partial charge in [-0.05, 0) is 255 Å². The third-order valence-corrected chi connectivity index (χ3v) is 26.3. The highest BCUT2D eigenvalue weighted by Crippen LogP contribution is 2.69. The molecule has 102 heavy (non-hydrogen) atoms. The summed E-state index contributed by atoms with van der Waals surface area (Å²) in [5.74, 6) is 1.01. The van der Waals surface area contributed by atoms with Crippen molar-refractivity contribution in [1.29, 1.82) is 0 Å². The normalized spacial score (nSPS) is 31.7. The van der Waals surface area contributed by atoms with Crippen LogP contribution in [0.5, 0.6) is 0 Å². The molecule has 6 aromatic carbocycles. The smallest absolute Gasteiger partial charge is 0.257 e. The molecular formula is C87H93BrClFN6O6. The molecule has 12 saturated carbocycles. The number of aromatic nitrogens is 3. The molecule has 12 aliphatic carbocycles. The summed E-state index contributed by atoms with van der Waals surface area (Å²) in [6.45, 7) is 15.9. The number of rotatable bonds is 12. The van der Waals surface area contributed by atoms with Crippen LogP contribution in [0.25, 0.3) is 32.7 Å². The van der Waals surface area contributed by atoms with E-state index in [1.807, 2.05) is 117 Å². The van der Waals surface area contributed by atoms with Crippen molar-refractivity contribution in [2.75, 3.05) is 0 Å². The van der Waals surface area contributed by atoms with E-state index in [2.05, 4.69) is 85.6 Å². The van der Waals surface area contributed by atoms with Gasteiger partial charge in [0.2, 0.25) is 16.3 Å². The number of nitrogens with one attached hydrogen (secondary N) is 3. The minimum absolute atomic E-state index is 0.178. The summed E-state index contributed by atoms with van der Waals surface area (Å²) in [6, 6.07) is 44.7. The number of carbonyl (C=O) groups is 3. The molecule has 6 atom stereocenters. The summed E-state index contributed by atoms with van der Waals surface area (Å²) in [5, 5.41) is 12.6. The maximum absolute atomic E-state index is 13.7. The van der Waals surface area contributed by atoms with Crippen LogP contribution in [0.2, 0.25) is 5.02 Å². The molecule has 528 valence electrons. The lowest BCUT2D eigenvalue weighted by atomic mass is 9.42. The van der Waals surface area contributed by atoms with E-state index in [-0.39, 0.29) is 84.0 Å². The van der Waals surface area contributed by atoms with Gasteiger partial charge < -0.3 is 29.7 Å². The Morgan fingerprint density at radius 2 is 0.657 bits per heavy atom. The van der Waals surface area contributed by atoms with Crippen molar-refractivity contribution in [3.8, 4) is 0 Å². The van der Waals surface area contributed by atoms with Gasteiger partial charge in [-0.25, -0.2) is 4.39 Å². The van der Waals surface area contributed by atoms with Crippen molar-refractivity contribution >= 4 is 78.0 Å². The van der Waals surface area contributed by atoms with Gasteiger partial charge in [0.15, 0.2) is 0 Å². The molecule has 3 N–H and O–H groups in total. The topological polar surface area (TPSA) is 153 Å². The first-order chi connectivity index (χ1) is 48.4. The molecule has 0 aliphatic heterocycles. The van der Waals surface area contributed by atoms with Crippen LogP contribution in [0, 0.1) is 56.1 Å². The molecule has 0 radical (unpaired) electrons. The third kappa shape index (κ3) is 13.1. The fourth-order valence-corrected chi connectivity index (χ4v) is 25.3. The van der Waals surface area contributed by atoms with E-state index >= 15 is 0 Å². The number of hydrogen-bond donors (Lipinski definition) is 3. The molecule has 21 rings (SSSR count). The second-order valence-corrected chi connectivity index (χ2v) is 37.4. The van der Waals surface area contributed by atoms with Crippen LogP contribution >= 0.6 is 27.5 Å². The highest BCUT2D eigenvalue weighted by atomic mass is 79.9. The van der Waals surface area contributed by atoms with Crippen molar-refractivity contribution in [2.24, 2.45) is 50.2 Å². The van der Waals surface area contributed by atoms with Gasteiger partial charge in [0.1, 0.15) is 22.5 Å². The number of amides is 3. The minimum atomic E-state index is -0.286. The number of nitrogens with zero attached hydrogens (tertiary/aromatic N) is 3. The van der Waals surface area contributed by atoms with Crippen LogP contribution < -0.4 is 32.2 Å². The van der Waals surface area contributed by atoms with Crippen molar-refractivity contribution < 1.29 is 18.8 Å².